The molecule has 0 amide bonds. The molecule has 0 saturated carbocycles. The lowest BCUT2D eigenvalue weighted by Gasteiger charge is -2.24. The maximum absolute atomic E-state index is 14.4. The summed E-state index contributed by atoms with van der Waals surface area (Å²) >= 11 is 0. The molecule has 2 nitrogen and oxygen atoms in total. The first kappa shape index (κ1) is 13.9. The van der Waals surface area contributed by atoms with E-state index in [0.717, 1.165) is 0 Å². The molecule has 0 aromatic heterocycles. The largest absolute Gasteiger partial charge is 0.496 e. The van der Waals surface area contributed by atoms with Gasteiger partial charge in [0.1, 0.15) is 17.7 Å². The van der Waals surface area contributed by atoms with Gasteiger partial charge < -0.3 is 10.5 Å². The minimum absolute atomic E-state index is 0.0861. The summed E-state index contributed by atoms with van der Waals surface area (Å²) in [5.74, 6) is -0.366. The SMILES string of the molecule is COc1ccc(F)cc1C(F)C(CN)C(C)C. The number of benzene rings is 1. The molecule has 0 bridgehead atoms. The highest BCUT2D eigenvalue weighted by Crippen LogP contribution is 2.36. The van der Waals surface area contributed by atoms with E-state index in [1.54, 1.807) is 0 Å². The van der Waals surface area contributed by atoms with Crippen LogP contribution in [0.1, 0.15) is 25.6 Å². The predicted molar refractivity (Wildman–Crippen MR) is 64.2 cm³/mol. The molecule has 0 fully saturated rings. The minimum atomic E-state index is -1.31. The molecule has 0 spiro atoms. The van der Waals surface area contributed by atoms with E-state index in [1.165, 1.54) is 25.3 Å². The van der Waals surface area contributed by atoms with E-state index in [0.29, 0.717) is 5.75 Å². The number of alkyl halides is 1. The van der Waals surface area contributed by atoms with Crippen LogP contribution >= 0.6 is 0 Å². The standard InChI is InChI=1S/C13H19F2NO/c1-8(2)11(7-16)13(15)10-6-9(14)4-5-12(10)17-3/h4-6,8,11,13H,7,16H2,1-3H3. The highest BCUT2D eigenvalue weighted by molar-refractivity contribution is 5.36. The molecular formula is C13H19F2NO. The minimum Gasteiger partial charge on any atom is -0.496 e. The van der Waals surface area contributed by atoms with E-state index in [-0.39, 0.29) is 23.9 Å². The van der Waals surface area contributed by atoms with Crippen molar-refractivity contribution in [3.63, 3.8) is 0 Å². The van der Waals surface area contributed by atoms with Gasteiger partial charge in [-0.3, -0.25) is 0 Å². The summed E-state index contributed by atoms with van der Waals surface area (Å²) in [6.45, 7) is 4.02. The number of ether oxygens (including phenoxy) is 1. The first-order chi connectivity index (χ1) is 8.01. The Hall–Kier alpha value is -1.16. The molecule has 1 aromatic rings. The van der Waals surface area contributed by atoms with Crippen molar-refractivity contribution in [3.8, 4) is 5.75 Å². The van der Waals surface area contributed by atoms with Gasteiger partial charge in [-0.15, -0.1) is 0 Å². The average molecular weight is 243 g/mol. The van der Waals surface area contributed by atoms with Crippen LogP contribution in [0, 0.1) is 17.7 Å². The Morgan fingerprint density at radius 3 is 2.47 bits per heavy atom. The molecule has 1 aromatic carbocycles. The fraction of sp³-hybridized carbons (Fsp3) is 0.538. The molecule has 2 N–H and O–H groups in total. The predicted octanol–water partition coefficient (Wildman–Crippen LogP) is 3.08. The van der Waals surface area contributed by atoms with Crippen molar-refractivity contribution in [2.75, 3.05) is 13.7 Å². The number of nitrogens with two attached hydrogens (primary N) is 1. The van der Waals surface area contributed by atoms with Crippen LogP contribution in [0.15, 0.2) is 18.2 Å². The van der Waals surface area contributed by atoms with Crippen molar-refractivity contribution >= 4 is 0 Å². The molecule has 0 aliphatic rings. The summed E-state index contributed by atoms with van der Waals surface area (Å²) in [7, 11) is 1.44. The van der Waals surface area contributed by atoms with Crippen LogP contribution in [-0.2, 0) is 0 Å². The van der Waals surface area contributed by atoms with Gasteiger partial charge in [0.2, 0.25) is 0 Å². The van der Waals surface area contributed by atoms with Crippen LogP contribution < -0.4 is 10.5 Å². The highest BCUT2D eigenvalue weighted by atomic mass is 19.1. The number of methoxy groups -OCH3 is 1. The van der Waals surface area contributed by atoms with E-state index in [4.69, 9.17) is 10.5 Å². The zero-order chi connectivity index (χ0) is 13.0. The van der Waals surface area contributed by atoms with Gasteiger partial charge in [-0.05, 0) is 30.7 Å². The molecule has 2 atom stereocenters. The second-order valence-electron chi connectivity index (χ2n) is 4.43. The Morgan fingerprint density at radius 2 is 2.00 bits per heavy atom. The van der Waals surface area contributed by atoms with Crippen LogP contribution in [0.4, 0.5) is 8.78 Å². The molecule has 1 rings (SSSR count). The zero-order valence-corrected chi connectivity index (χ0v) is 10.4. The van der Waals surface area contributed by atoms with Gasteiger partial charge in [0, 0.05) is 11.5 Å². The molecule has 17 heavy (non-hydrogen) atoms. The monoisotopic (exact) mass is 243 g/mol. The van der Waals surface area contributed by atoms with Crippen molar-refractivity contribution in [3.05, 3.63) is 29.6 Å². The van der Waals surface area contributed by atoms with Crippen LogP contribution in [0.2, 0.25) is 0 Å². The van der Waals surface area contributed by atoms with Crippen LogP contribution in [0.5, 0.6) is 5.75 Å². The van der Waals surface area contributed by atoms with Crippen LogP contribution in [0.25, 0.3) is 0 Å². The van der Waals surface area contributed by atoms with E-state index < -0.39 is 12.0 Å². The number of halogens is 2. The first-order valence-corrected chi connectivity index (χ1v) is 5.68. The van der Waals surface area contributed by atoms with E-state index >= 15 is 0 Å². The van der Waals surface area contributed by atoms with Gasteiger partial charge in [0.15, 0.2) is 0 Å². The van der Waals surface area contributed by atoms with Gasteiger partial charge in [0.25, 0.3) is 0 Å². The van der Waals surface area contributed by atoms with E-state index in [9.17, 15) is 8.78 Å². The van der Waals surface area contributed by atoms with Crippen molar-refractivity contribution in [2.45, 2.75) is 20.0 Å². The molecule has 96 valence electrons. The average Bonchev–Trinajstić information content (AvgIpc) is 2.29. The van der Waals surface area contributed by atoms with Gasteiger partial charge in [0.05, 0.1) is 7.11 Å². The van der Waals surface area contributed by atoms with Crippen molar-refractivity contribution < 1.29 is 13.5 Å². The lowest BCUT2D eigenvalue weighted by atomic mass is 9.87. The molecule has 0 saturated heterocycles. The van der Waals surface area contributed by atoms with Gasteiger partial charge in [-0.1, -0.05) is 13.8 Å². The fourth-order valence-corrected chi connectivity index (χ4v) is 1.88. The van der Waals surface area contributed by atoms with Crippen molar-refractivity contribution in [1.82, 2.24) is 0 Å². The molecule has 0 heterocycles. The second-order valence-corrected chi connectivity index (χ2v) is 4.43. The van der Waals surface area contributed by atoms with Gasteiger partial charge in [-0.2, -0.15) is 0 Å². The Kier molecular flexibility index (Phi) is 4.87. The van der Waals surface area contributed by atoms with Gasteiger partial charge in [-0.25, -0.2) is 8.78 Å². The summed E-state index contributed by atoms with van der Waals surface area (Å²) in [5.41, 5.74) is 5.80. The first-order valence-electron chi connectivity index (χ1n) is 5.68. The smallest absolute Gasteiger partial charge is 0.133 e. The summed E-state index contributed by atoms with van der Waals surface area (Å²) in [4.78, 5) is 0. The summed E-state index contributed by atoms with van der Waals surface area (Å²) in [6.07, 6.45) is -1.31. The maximum Gasteiger partial charge on any atom is 0.133 e. The second kappa shape index (κ2) is 5.96. The number of hydrogen-bond acceptors (Lipinski definition) is 2. The van der Waals surface area contributed by atoms with Crippen LogP contribution in [-0.4, -0.2) is 13.7 Å². The molecule has 4 heteroatoms. The zero-order valence-electron chi connectivity index (χ0n) is 10.4. The molecule has 2 unspecified atom stereocenters. The van der Waals surface area contributed by atoms with Crippen LogP contribution in [0.3, 0.4) is 0 Å². The third-order valence-corrected chi connectivity index (χ3v) is 2.99. The molecule has 0 radical (unpaired) electrons. The van der Waals surface area contributed by atoms with E-state index in [1.807, 2.05) is 13.8 Å². The summed E-state index contributed by atoms with van der Waals surface area (Å²) < 4.78 is 32.6. The van der Waals surface area contributed by atoms with Gasteiger partial charge >= 0.3 is 0 Å². The van der Waals surface area contributed by atoms with Crippen molar-refractivity contribution in [2.24, 2.45) is 17.6 Å². The Balaban J connectivity index is 3.08. The summed E-state index contributed by atoms with van der Waals surface area (Å²) in [6, 6.07) is 3.86. The topological polar surface area (TPSA) is 35.2 Å². The summed E-state index contributed by atoms with van der Waals surface area (Å²) in [5, 5.41) is 0. The quantitative estimate of drug-likeness (QED) is 0.862. The fourth-order valence-electron chi connectivity index (χ4n) is 1.88. The normalized spacial score (nSPS) is 14.8. The Morgan fingerprint density at radius 1 is 1.35 bits per heavy atom. The lowest BCUT2D eigenvalue weighted by molar-refractivity contribution is 0.184. The highest BCUT2D eigenvalue weighted by Gasteiger charge is 2.27. The lowest BCUT2D eigenvalue weighted by Crippen LogP contribution is -2.25. The third-order valence-electron chi connectivity index (χ3n) is 2.99. The third kappa shape index (κ3) is 3.16. The molecular weight excluding hydrogens is 224 g/mol. The van der Waals surface area contributed by atoms with E-state index in [2.05, 4.69) is 0 Å². The number of hydrogen-bond donors (Lipinski definition) is 1. The molecule has 0 aliphatic carbocycles. The Labute approximate surface area is 101 Å². The molecule has 0 aliphatic heterocycles. The van der Waals surface area contributed by atoms with Crippen molar-refractivity contribution in [1.29, 1.82) is 0 Å². The number of rotatable bonds is 5. The Bertz CT molecular complexity index is 368. The maximum atomic E-state index is 14.4.